The number of hydrogen-bond donors (Lipinski definition) is 3. The zero-order valence-electron chi connectivity index (χ0n) is 13.7. The zero-order valence-corrected chi connectivity index (χ0v) is 13.7. The number of carbonyl (C=O) groups excluding carboxylic acids is 1. The molecule has 3 rings (SSSR count). The van der Waals surface area contributed by atoms with E-state index >= 15 is 0 Å². The highest BCUT2D eigenvalue weighted by atomic mass is 16.2. The van der Waals surface area contributed by atoms with Crippen LogP contribution >= 0.6 is 0 Å². The molecule has 24 heavy (non-hydrogen) atoms. The molecule has 0 fully saturated rings. The smallest absolute Gasteiger partial charge is 0.319 e. The first-order valence-electron chi connectivity index (χ1n) is 7.84. The average molecular weight is 320 g/mol. The summed E-state index contributed by atoms with van der Waals surface area (Å²) >= 11 is 0. The summed E-state index contributed by atoms with van der Waals surface area (Å²) in [6, 6.07) is 19.2. The fourth-order valence-corrected chi connectivity index (χ4v) is 2.79. The molecule has 1 atom stereocenters. The van der Waals surface area contributed by atoms with Crippen LogP contribution in [0.2, 0.25) is 0 Å². The number of hydrogen-bond acceptors (Lipinski definition) is 3. The number of rotatable bonds is 4. The molecule has 0 saturated carbocycles. The lowest BCUT2D eigenvalue weighted by molar-refractivity contribution is 0.239. The largest absolute Gasteiger partial charge is 0.327 e. The topological polar surface area (TPSA) is 65.5 Å². The highest BCUT2D eigenvalue weighted by Crippen LogP contribution is 2.27. The number of benzene rings is 2. The van der Waals surface area contributed by atoms with Crippen molar-refractivity contribution < 1.29 is 4.79 Å². The first kappa shape index (κ1) is 15.8. The number of carbonyl (C=O) groups is 1. The quantitative estimate of drug-likeness (QED) is 0.592. The van der Waals surface area contributed by atoms with Crippen LogP contribution in [0.4, 0.5) is 10.5 Å². The van der Waals surface area contributed by atoms with E-state index in [0.717, 1.165) is 28.2 Å². The maximum Gasteiger partial charge on any atom is 0.319 e. The molecule has 0 spiro atoms. The zero-order chi connectivity index (χ0) is 16.9. The second kappa shape index (κ2) is 7.00. The molecule has 2 aromatic rings. The number of urea groups is 1. The summed E-state index contributed by atoms with van der Waals surface area (Å²) in [4.78, 5) is 11.9. The third-order valence-corrected chi connectivity index (χ3v) is 3.92. The Morgan fingerprint density at radius 3 is 2.33 bits per heavy atom. The fourth-order valence-electron chi connectivity index (χ4n) is 2.79. The van der Waals surface area contributed by atoms with Crippen molar-refractivity contribution in [3.8, 4) is 0 Å². The Balaban J connectivity index is 1.92. The van der Waals surface area contributed by atoms with Gasteiger partial charge in [-0.3, -0.25) is 5.43 Å². The van der Waals surface area contributed by atoms with Gasteiger partial charge in [0, 0.05) is 11.3 Å². The van der Waals surface area contributed by atoms with Gasteiger partial charge in [-0.1, -0.05) is 48.5 Å². The number of nitrogens with one attached hydrogen (secondary N) is 3. The number of nitrogens with zero attached hydrogens (tertiary/aromatic N) is 1. The van der Waals surface area contributed by atoms with Crippen LogP contribution < -0.4 is 16.1 Å². The maximum absolute atomic E-state index is 11.9. The lowest BCUT2D eigenvalue weighted by atomic mass is 9.93. The molecule has 1 unspecified atom stereocenters. The van der Waals surface area contributed by atoms with Crippen molar-refractivity contribution in [2.45, 2.75) is 19.9 Å². The molecule has 3 N–H and O–H groups in total. The van der Waals surface area contributed by atoms with Crippen LogP contribution in [0.1, 0.15) is 25.5 Å². The molecule has 0 radical (unpaired) electrons. The van der Waals surface area contributed by atoms with E-state index in [-0.39, 0.29) is 12.1 Å². The molecule has 122 valence electrons. The standard InChI is InChI=1S/C19H20N4O/c1-13-17(14(2)22-23-16-11-7-4-8-12-16)18(21-19(24)20-13)15-9-5-3-6-10-15/h3-12,18,23H,1-2H3,(H2,20,21,24). The summed E-state index contributed by atoms with van der Waals surface area (Å²) in [7, 11) is 0. The van der Waals surface area contributed by atoms with Crippen LogP contribution in [-0.4, -0.2) is 11.7 Å². The van der Waals surface area contributed by atoms with E-state index in [4.69, 9.17) is 0 Å². The first-order valence-corrected chi connectivity index (χ1v) is 7.84. The van der Waals surface area contributed by atoms with E-state index in [2.05, 4.69) is 21.2 Å². The molecule has 2 aromatic carbocycles. The lowest BCUT2D eigenvalue weighted by Crippen LogP contribution is -2.44. The molecule has 1 heterocycles. The van der Waals surface area contributed by atoms with E-state index < -0.39 is 0 Å². The number of anilines is 1. The van der Waals surface area contributed by atoms with Gasteiger partial charge in [0.2, 0.25) is 0 Å². The molecule has 0 aromatic heterocycles. The van der Waals surface area contributed by atoms with Crippen LogP contribution in [0.15, 0.2) is 77.0 Å². The van der Waals surface area contributed by atoms with Gasteiger partial charge in [-0.2, -0.15) is 5.10 Å². The van der Waals surface area contributed by atoms with Gasteiger partial charge >= 0.3 is 6.03 Å². The van der Waals surface area contributed by atoms with Gasteiger partial charge in [-0.05, 0) is 31.5 Å². The predicted molar refractivity (Wildman–Crippen MR) is 96.7 cm³/mol. The predicted octanol–water partition coefficient (Wildman–Crippen LogP) is 3.80. The van der Waals surface area contributed by atoms with Crippen LogP contribution in [0, 0.1) is 0 Å². The fraction of sp³-hybridized carbons (Fsp3) is 0.158. The summed E-state index contributed by atoms with van der Waals surface area (Å²) in [5, 5.41) is 10.3. The monoisotopic (exact) mass is 320 g/mol. The van der Waals surface area contributed by atoms with Gasteiger partial charge in [0.15, 0.2) is 0 Å². The van der Waals surface area contributed by atoms with Crippen LogP contribution in [-0.2, 0) is 0 Å². The molecule has 5 nitrogen and oxygen atoms in total. The first-order chi connectivity index (χ1) is 11.6. The van der Waals surface area contributed by atoms with Crippen molar-refractivity contribution in [1.29, 1.82) is 0 Å². The van der Waals surface area contributed by atoms with E-state index in [9.17, 15) is 4.79 Å². The van der Waals surface area contributed by atoms with Gasteiger partial charge in [0.1, 0.15) is 0 Å². The van der Waals surface area contributed by atoms with Crippen molar-refractivity contribution in [3.63, 3.8) is 0 Å². The van der Waals surface area contributed by atoms with Crippen molar-refractivity contribution in [1.82, 2.24) is 10.6 Å². The maximum atomic E-state index is 11.9. The van der Waals surface area contributed by atoms with Crippen LogP contribution in [0.25, 0.3) is 0 Å². The minimum atomic E-state index is -0.221. The third-order valence-electron chi connectivity index (χ3n) is 3.92. The van der Waals surface area contributed by atoms with E-state index in [1.54, 1.807) is 0 Å². The summed E-state index contributed by atoms with van der Waals surface area (Å²) in [6.45, 7) is 3.83. The Morgan fingerprint density at radius 1 is 1.04 bits per heavy atom. The molecule has 0 aliphatic carbocycles. The van der Waals surface area contributed by atoms with E-state index in [1.165, 1.54) is 0 Å². The Morgan fingerprint density at radius 2 is 1.67 bits per heavy atom. The SMILES string of the molecule is CC(=NNc1ccccc1)C1=C(C)NC(=O)NC1c1ccccc1. The van der Waals surface area contributed by atoms with Gasteiger partial charge in [-0.15, -0.1) is 0 Å². The third kappa shape index (κ3) is 3.46. The molecular weight excluding hydrogens is 300 g/mol. The number of allylic oxidation sites excluding steroid dienone is 1. The van der Waals surface area contributed by atoms with Crippen molar-refractivity contribution in [2.24, 2.45) is 5.10 Å². The summed E-state index contributed by atoms with van der Waals surface area (Å²) < 4.78 is 0. The average Bonchev–Trinajstić information content (AvgIpc) is 2.60. The summed E-state index contributed by atoms with van der Waals surface area (Å²) in [6.07, 6.45) is 0. The highest BCUT2D eigenvalue weighted by molar-refractivity contribution is 6.02. The molecule has 0 saturated heterocycles. The normalized spacial score (nSPS) is 18.0. The molecule has 1 aliphatic rings. The Bertz CT molecular complexity index is 782. The number of hydrazone groups is 1. The Kier molecular flexibility index (Phi) is 4.61. The highest BCUT2D eigenvalue weighted by Gasteiger charge is 2.28. The molecule has 1 aliphatic heterocycles. The van der Waals surface area contributed by atoms with Gasteiger partial charge in [0.05, 0.1) is 17.4 Å². The van der Waals surface area contributed by atoms with Gasteiger partial charge in [-0.25, -0.2) is 4.79 Å². The van der Waals surface area contributed by atoms with Crippen molar-refractivity contribution >= 4 is 17.4 Å². The molecule has 5 heteroatoms. The van der Waals surface area contributed by atoms with Crippen molar-refractivity contribution in [3.05, 3.63) is 77.5 Å². The van der Waals surface area contributed by atoms with Gasteiger partial charge < -0.3 is 10.6 Å². The number of para-hydroxylation sites is 1. The Labute approximate surface area is 141 Å². The minimum absolute atomic E-state index is 0.200. The van der Waals surface area contributed by atoms with Crippen LogP contribution in [0.5, 0.6) is 0 Å². The second-order valence-electron chi connectivity index (χ2n) is 5.66. The van der Waals surface area contributed by atoms with Gasteiger partial charge in [0.25, 0.3) is 0 Å². The summed E-state index contributed by atoms with van der Waals surface area (Å²) in [5.74, 6) is 0. The molecular formula is C19H20N4O. The second-order valence-corrected chi connectivity index (χ2v) is 5.66. The molecule has 2 amide bonds. The van der Waals surface area contributed by atoms with E-state index in [0.29, 0.717) is 0 Å². The van der Waals surface area contributed by atoms with E-state index in [1.807, 2.05) is 74.5 Å². The minimum Gasteiger partial charge on any atom is -0.327 e. The molecule has 0 bridgehead atoms. The summed E-state index contributed by atoms with van der Waals surface area (Å²) in [5.41, 5.74) is 7.59. The van der Waals surface area contributed by atoms with Crippen LogP contribution in [0.3, 0.4) is 0 Å². The number of amides is 2. The lowest BCUT2D eigenvalue weighted by Gasteiger charge is -2.29. The van der Waals surface area contributed by atoms with Crippen molar-refractivity contribution in [2.75, 3.05) is 5.43 Å². The Hall–Kier alpha value is -3.08.